The summed E-state index contributed by atoms with van der Waals surface area (Å²) >= 11 is 0. The summed E-state index contributed by atoms with van der Waals surface area (Å²) in [5, 5.41) is 8.65. The highest BCUT2D eigenvalue weighted by Gasteiger charge is 2.12. The van der Waals surface area contributed by atoms with Gasteiger partial charge in [-0.3, -0.25) is 9.59 Å². The molecule has 0 aromatic heterocycles. The predicted molar refractivity (Wildman–Crippen MR) is 77.1 cm³/mol. The van der Waals surface area contributed by atoms with Crippen molar-refractivity contribution in [3.8, 4) is 0 Å². The third-order valence-corrected chi connectivity index (χ3v) is 2.60. The predicted octanol–water partition coefficient (Wildman–Crippen LogP) is 1.83. The van der Waals surface area contributed by atoms with Crippen molar-refractivity contribution in [1.29, 1.82) is 0 Å². The lowest BCUT2D eigenvalue weighted by atomic mass is 10.1. The van der Waals surface area contributed by atoms with Crippen molar-refractivity contribution in [2.45, 2.75) is 20.8 Å². The lowest BCUT2D eigenvalue weighted by Gasteiger charge is -2.13. The van der Waals surface area contributed by atoms with E-state index in [0.29, 0.717) is 17.9 Å². The van der Waals surface area contributed by atoms with Crippen LogP contribution < -0.4 is 16.0 Å². The van der Waals surface area contributed by atoms with Crippen LogP contribution in [0.25, 0.3) is 0 Å². The van der Waals surface area contributed by atoms with Gasteiger partial charge in [-0.2, -0.15) is 0 Å². The first-order valence-corrected chi connectivity index (χ1v) is 6.42. The number of amides is 2. The molecule has 0 fully saturated rings. The third-order valence-electron chi connectivity index (χ3n) is 2.60. The molecule has 0 saturated carbocycles. The molecule has 2 amide bonds. The Balaban J connectivity index is 2.61. The molecule has 0 aliphatic carbocycles. The van der Waals surface area contributed by atoms with Gasteiger partial charge in [0, 0.05) is 30.8 Å². The molecule has 0 bridgehead atoms. The van der Waals surface area contributed by atoms with Gasteiger partial charge in [-0.15, -0.1) is 0 Å². The van der Waals surface area contributed by atoms with E-state index >= 15 is 0 Å². The Morgan fingerprint density at radius 3 is 2.42 bits per heavy atom. The zero-order valence-corrected chi connectivity index (χ0v) is 11.6. The molecule has 1 atom stereocenters. The second kappa shape index (κ2) is 7.53. The maximum absolute atomic E-state index is 11.9. The van der Waals surface area contributed by atoms with Crippen LogP contribution >= 0.6 is 0 Å². The summed E-state index contributed by atoms with van der Waals surface area (Å²) < 4.78 is 0. The fraction of sp³-hybridized carbons (Fsp3) is 0.429. The molecule has 0 aliphatic rings. The van der Waals surface area contributed by atoms with Crippen LogP contribution in [-0.2, 0) is 9.59 Å². The molecule has 0 saturated heterocycles. The Labute approximate surface area is 113 Å². The Kier molecular flexibility index (Phi) is 6.02. The topological polar surface area (TPSA) is 70.2 Å². The molecule has 0 aliphatic heterocycles. The van der Waals surface area contributed by atoms with Gasteiger partial charge in [-0.1, -0.05) is 19.9 Å². The minimum absolute atomic E-state index is 0.0408. The van der Waals surface area contributed by atoms with Crippen molar-refractivity contribution in [1.82, 2.24) is 5.32 Å². The number of benzene rings is 1. The summed E-state index contributed by atoms with van der Waals surface area (Å²) in [6.07, 6.45) is 0. The van der Waals surface area contributed by atoms with Gasteiger partial charge in [0.05, 0.1) is 0 Å². The molecule has 5 heteroatoms. The Morgan fingerprint density at radius 2 is 1.84 bits per heavy atom. The van der Waals surface area contributed by atoms with Gasteiger partial charge in [0.1, 0.15) is 0 Å². The standard InChI is InChI=1S/C14H21N3O2/c1-4-15-9-10(2)14(19)17-13-7-5-6-12(8-13)16-11(3)18/h5-8,10,15H,4,9H2,1-3H3,(H,16,18)(H,17,19). The zero-order chi connectivity index (χ0) is 14.3. The van der Waals surface area contributed by atoms with E-state index in [-0.39, 0.29) is 17.7 Å². The average Bonchev–Trinajstić information content (AvgIpc) is 2.35. The monoisotopic (exact) mass is 263 g/mol. The quantitative estimate of drug-likeness (QED) is 0.733. The van der Waals surface area contributed by atoms with Gasteiger partial charge < -0.3 is 16.0 Å². The summed E-state index contributed by atoms with van der Waals surface area (Å²) in [5.74, 6) is -0.283. The minimum atomic E-state index is -0.135. The lowest BCUT2D eigenvalue weighted by Crippen LogP contribution is -2.30. The van der Waals surface area contributed by atoms with E-state index in [1.54, 1.807) is 24.3 Å². The highest BCUT2D eigenvalue weighted by atomic mass is 16.2. The van der Waals surface area contributed by atoms with Crippen LogP contribution in [-0.4, -0.2) is 24.9 Å². The first kappa shape index (κ1) is 15.2. The molecular formula is C14H21N3O2. The van der Waals surface area contributed by atoms with Gasteiger partial charge >= 0.3 is 0 Å². The number of hydrogen-bond acceptors (Lipinski definition) is 3. The van der Waals surface area contributed by atoms with E-state index in [1.165, 1.54) is 6.92 Å². The van der Waals surface area contributed by atoms with Crippen molar-refractivity contribution >= 4 is 23.2 Å². The lowest BCUT2D eigenvalue weighted by molar-refractivity contribution is -0.119. The molecule has 5 nitrogen and oxygen atoms in total. The number of carbonyl (C=O) groups is 2. The number of nitrogens with one attached hydrogen (secondary N) is 3. The number of anilines is 2. The van der Waals surface area contributed by atoms with E-state index in [2.05, 4.69) is 16.0 Å². The number of carbonyl (C=O) groups excluding carboxylic acids is 2. The summed E-state index contributed by atoms with van der Waals surface area (Å²) in [4.78, 5) is 22.9. The summed E-state index contributed by atoms with van der Waals surface area (Å²) in [5.41, 5.74) is 1.35. The van der Waals surface area contributed by atoms with E-state index in [0.717, 1.165) is 6.54 Å². The van der Waals surface area contributed by atoms with Crippen LogP contribution in [0.3, 0.4) is 0 Å². The molecule has 0 spiro atoms. The van der Waals surface area contributed by atoms with Gasteiger partial charge in [0.25, 0.3) is 0 Å². The second-order valence-electron chi connectivity index (χ2n) is 4.46. The largest absolute Gasteiger partial charge is 0.326 e. The smallest absolute Gasteiger partial charge is 0.228 e. The number of hydrogen-bond donors (Lipinski definition) is 3. The SMILES string of the molecule is CCNCC(C)C(=O)Nc1cccc(NC(C)=O)c1. The molecule has 0 radical (unpaired) electrons. The van der Waals surface area contributed by atoms with Crippen molar-refractivity contribution in [2.24, 2.45) is 5.92 Å². The third kappa shape index (κ3) is 5.52. The molecule has 1 aromatic rings. The molecule has 104 valence electrons. The maximum Gasteiger partial charge on any atom is 0.228 e. The second-order valence-corrected chi connectivity index (χ2v) is 4.46. The van der Waals surface area contributed by atoms with Gasteiger partial charge in [0.15, 0.2) is 0 Å². The van der Waals surface area contributed by atoms with E-state index in [4.69, 9.17) is 0 Å². The zero-order valence-electron chi connectivity index (χ0n) is 11.6. The van der Waals surface area contributed by atoms with E-state index < -0.39 is 0 Å². The molecular weight excluding hydrogens is 242 g/mol. The van der Waals surface area contributed by atoms with Crippen molar-refractivity contribution in [3.63, 3.8) is 0 Å². The Bertz CT molecular complexity index is 446. The molecule has 1 rings (SSSR count). The highest BCUT2D eigenvalue weighted by molar-refractivity contribution is 5.94. The van der Waals surface area contributed by atoms with Gasteiger partial charge in [-0.05, 0) is 24.7 Å². The fourth-order valence-corrected chi connectivity index (χ4v) is 1.60. The first-order chi connectivity index (χ1) is 9.02. The molecule has 3 N–H and O–H groups in total. The normalized spacial score (nSPS) is 11.7. The molecule has 1 aromatic carbocycles. The van der Waals surface area contributed by atoms with Gasteiger partial charge in [0.2, 0.25) is 11.8 Å². The van der Waals surface area contributed by atoms with Crippen LogP contribution in [0.5, 0.6) is 0 Å². The summed E-state index contributed by atoms with van der Waals surface area (Å²) in [6, 6.07) is 7.09. The van der Waals surface area contributed by atoms with Crippen molar-refractivity contribution in [2.75, 3.05) is 23.7 Å². The van der Waals surface area contributed by atoms with Crippen LogP contribution in [0.15, 0.2) is 24.3 Å². The van der Waals surface area contributed by atoms with Crippen LogP contribution in [0.2, 0.25) is 0 Å². The summed E-state index contributed by atoms with van der Waals surface area (Å²) in [7, 11) is 0. The average molecular weight is 263 g/mol. The van der Waals surface area contributed by atoms with Crippen molar-refractivity contribution < 1.29 is 9.59 Å². The van der Waals surface area contributed by atoms with Crippen molar-refractivity contribution in [3.05, 3.63) is 24.3 Å². The minimum Gasteiger partial charge on any atom is -0.326 e. The maximum atomic E-state index is 11.9. The van der Waals surface area contributed by atoms with E-state index in [1.807, 2.05) is 13.8 Å². The molecule has 19 heavy (non-hydrogen) atoms. The number of rotatable bonds is 6. The Morgan fingerprint density at radius 1 is 1.21 bits per heavy atom. The fourth-order valence-electron chi connectivity index (χ4n) is 1.60. The van der Waals surface area contributed by atoms with E-state index in [9.17, 15) is 9.59 Å². The molecule has 1 unspecified atom stereocenters. The first-order valence-electron chi connectivity index (χ1n) is 6.42. The highest BCUT2D eigenvalue weighted by Crippen LogP contribution is 2.15. The Hall–Kier alpha value is -1.88. The van der Waals surface area contributed by atoms with Gasteiger partial charge in [-0.25, -0.2) is 0 Å². The summed E-state index contributed by atoms with van der Waals surface area (Å²) in [6.45, 7) is 6.81. The van der Waals surface area contributed by atoms with Crippen LogP contribution in [0.4, 0.5) is 11.4 Å². The van der Waals surface area contributed by atoms with Crippen LogP contribution in [0, 0.1) is 5.92 Å². The molecule has 0 heterocycles. The van der Waals surface area contributed by atoms with Crippen LogP contribution in [0.1, 0.15) is 20.8 Å².